The summed E-state index contributed by atoms with van der Waals surface area (Å²) in [5.41, 5.74) is 0.906. The molecule has 1 aromatic heterocycles. The van der Waals surface area contributed by atoms with Gasteiger partial charge in [-0.3, -0.25) is 10.1 Å². The Bertz CT molecular complexity index is 739. The Hall–Kier alpha value is -1.43. The molecule has 3 N–H and O–H groups in total. The molecule has 0 amide bonds. The summed E-state index contributed by atoms with van der Waals surface area (Å²) in [7, 11) is 0. The molecule has 0 saturated carbocycles. The number of non-ortho nitro benzene ring substituents is 1. The number of benzene rings is 1. The molecule has 26 heavy (non-hydrogen) atoms. The predicted molar refractivity (Wildman–Crippen MR) is 116 cm³/mol. The van der Waals surface area contributed by atoms with Gasteiger partial charge in [-0.15, -0.1) is 35.3 Å². The SMILES string of the molecule is CCNC(=NCc1ccc([N+](=O)[O-])cc1)NCC(O)c1ccc(Cl)s1.I. The van der Waals surface area contributed by atoms with Crippen molar-refractivity contribution < 1.29 is 10.0 Å². The first-order valence-electron chi connectivity index (χ1n) is 7.68. The minimum absolute atomic E-state index is 0. The lowest BCUT2D eigenvalue weighted by molar-refractivity contribution is -0.384. The molecular formula is C16H20ClIN4O3S. The third-order valence-electron chi connectivity index (χ3n) is 3.30. The third kappa shape index (κ3) is 7.06. The van der Waals surface area contributed by atoms with Gasteiger partial charge in [0.1, 0.15) is 6.10 Å². The van der Waals surface area contributed by atoms with Crippen LogP contribution in [-0.2, 0) is 6.54 Å². The fourth-order valence-corrected chi connectivity index (χ4v) is 3.08. The van der Waals surface area contributed by atoms with Crippen molar-refractivity contribution in [3.05, 3.63) is 61.3 Å². The molecule has 0 aliphatic heterocycles. The normalized spacial score (nSPS) is 12.2. The van der Waals surface area contributed by atoms with Crippen molar-refractivity contribution in [2.24, 2.45) is 4.99 Å². The van der Waals surface area contributed by atoms with E-state index in [9.17, 15) is 15.2 Å². The standard InChI is InChI=1S/C16H19ClN4O3S.HI/c1-2-18-16(20-10-13(22)14-7-8-15(17)25-14)19-9-11-3-5-12(6-4-11)21(23)24;/h3-8,13,22H,2,9-10H2,1H3,(H2,18,19,20);1H. The number of hydrogen-bond donors (Lipinski definition) is 3. The minimum Gasteiger partial charge on any atom is -0.386 e. The number of halogens is 2. The van der Waals surface area contributed by atoms with Gasteiger partial charge in [-0.25, -0.2) is 4.99 Å². The molecule has 10 heteroatoms. The quantitative estimate of drug-likeness (QED) is 0.173. The van der Waals surface area contributed by atoms with Gasteiger partial charge >= 0.3 is 0 Å². The second-order valence-corrected chi connectivity index (χ2v) is 6.90. The topological polar surface area (TPSA) is 99.8 Å². The molecular weight excluding hydrogens is 491 g/mol. The van der Waals surface area contributed by atoms with Crippen LogP contribution < -0.4 is 10.6 Å². The Labute approximate surface area is 177 Å². The second-order valence-electron chi connectivity index (χ2n) is 5.16. The highest BCUT2D eigenvalue weighted by atomic mass is 127. The first kappa shape index (κ1) is 22.6. The first-order valence-corrected chi connectivity index (χ1v) is 8.88. The molecule has 7 nitrogen and oxygen atoms in total. The van der Waals surface area contributed by atoms with Gasteiger partial charge in [0.05, 0.1) is 15.8 Å². The Morgan fingerprint density at radius 1 is 1.31 bits per heavy atom. The van der Waals surface area contributed by atoms with Crippen molar-refractivity contribution in [2.45, 2.75) is 19.6 Å². The number of hydrogen-bond acceptors (Lipinski definition) is 5. The van der Waals surface area contributed by atoms with Crippen molar-refractivity contribution >= 4 is 58.6 Å². The number of aliphatic hydroxyl groups is 1. The van der Waals surface area contributed by atoms with E-state index in [-0.39, 0.29) is 29.7 Å². The lowest BCUT2D eigenvalue weighted by Gasteiger charge is -2.14. The zero-order chi connectivity index (χ0) is 18.2. The van der Waals surface area contributed by atoms with Gasteiger partial charge in [-0.05, 0) is 24.6 Å². The molecule has 142 valence electrons. The number of aliphatic hydroxyl groups excluding tert-OH is 1. The summed E-state index contributed by atoms with van der Waals surface area (Å²) in [6, 6.07) is 9.80. The maximum Gasteiger partial charge on any atom is 0.269 e. The maximum atomic E-state index is 10.7. The molecule has 1 atom stereocenters. The van der Waals surface area contributed by atoms with Crippen LogP contribution in [0.3, 0.4) is 0 Å². The van der Waals surface area contributed by atoms with Gasteiger partial charge in [0.2, 0.25) is 0 Å². The molecule has 0 bridgehead atoms. The van der Waals surface area contributed by atoms with Crippen molar-refractivity contribution in [3.63, 3.8) is 0 Å². The van der Waals surface area contributed by atoms with Crippen molar-refractivity contribution in [3.8, 4) is 0 Å². The largest absolute Gasteiger partial charge is 0.386 e. The van der Waals surface area contributed by atoms with E-state index in [1.807, 2.05) is 6.92 Å². The van der Waals surface area contributed by atoms with E-state index >= 15 is 0 Å². The van der Waals surface area contributed by atoms with Gasteiger partial charge in [-0.2, -0.15) is 0 Å². The van der Waals surface area contributed by atoms with Crippen LogP contribution in [0.25, 0.3) is 0 Å². The minimum atomic E-state index is -0.680. The summed E-state index contributed by atoms with van der Waals surface area (Å²) in [6.45, 7) is 3.28. The van der Waals surface area contributed by atoms with Crippen molar-refractivity contribution in [1.82, 2.24) is 10.6 Å². The molecule has 0 radical (unpaired) electrons. The van der Waals surface area contributed by atoms with Crippen LogP contribution in [0, 0.1) is 10.1 Å². The highest BCUT2D eigenvalue weighted by molar-refractivity contribution is 14.0. The fraction of sp³-hybridized carbons (Fsp3) is 0.312. The van der Waals surface area contributed by atoms with Crippen LogP contribution >= 0.6 is 46.9 Å². The summed E-state index contributed by atoms with van der Waals surface area (Å²) in [5.74, 6) is 0.558. The number of guanidine groups is 1. The molecule has 1 unspecified atom stereocenters. The molecule has 0 spiro atoms. The molecule has 0 aliphatic rings. The van der Waals surface area contributed by atoms with E-state index in [1.165, 1.54) is 23.5 Å². The third-order valence-corrected chi connectivity index (χ3v) is 4.63. The van der Waals surface area contributed by atoms with Crippen molar-refractivity contribution in [1.29, 1.82) is 0 Å². The lowest BCUT2D eigenvalue weighted by Crippen LogP contribution is -2.39. The Balaban J connectivity index is 0.00000338. The van der Waals surface area contributed by atoms with Crippen LogP contribution in [0.15, 0.2) is 41.4 Å². The molecule has 0 saturated heterocycles. The van der Waals surface area contributed by atoms with E-state index in [1.54, 1.807) is 24.3 Å². The average Bonchev–Trinajstić information content (AvgIpc) is 3.04. The van der Waals surface area contributed by atoms with Gasteiger partial charge < -0.3 is 15.7 Å². The smallest absolute Gasteiger partial charge is 0.269 e. The van der Waals surface area contributed by atoms with E-state index in [0.29, 0.717) is 29.9 Å². The molecule has 0 aliphatic carbocycles. The van der Waals surface area contributed by atoms with Gasteiger partial charge in [0.25, 0.3) is 5.69 Å². The van der Waals surface area contributed by atoms with Gasteiger partial charge in [0, 0.05) is 30.1 Å². The van der Waals surface area contributed by atoms with Crippen LogP contribution in [0.2, 0.25) is 4.34 Å². The lowest BCUT2D eigenvalue weighted by atomic mass is 10.2. The van der Waals surface area contributed by atoms with Crippen LogP contribution in [0.4, 0.5) is 5.69 Å². The molecule has 0 fully saturated rings. The van der Waals surface area contributed by atoms with Gasteiger partial charge in [-0.1, -0.05) is 23.7 Å². The number of nitrogens with one attached hydrogen (secondary N) is 2. The monoisotopic (exact) mass is 510 g/mol. The number of nitrogens with zero attached hydrogens (tertiary/aromatic N) is 2. The molecule has 2 rings (SSSR count). The van der Waals surface area contributed by atoms with E-state index < -0.39 is 11.0 Å². The Morgan fingerprint density at radius 2 is 2.00 bits per heavy atom. The van der Waals surface area contributed by atoms with E-state index in [0.717, 1.165) is 10.4 Å². The number of nitro benzene ring substituents is 1. The Kier molecular flexibility index (Phi) is 9.84. The number of nitro groups is 1. The first-order chi connectivity index (χ1) is 12.0. The summed E-state index contributed by atoms with van der Waals surface area (Å²) in [6.07, 6.45) is -0.680. The Morgan fingerprint density at radius 3 is 2.54 bits per heavy atom. The highest BCUT2D eigenvalue weighted by Crippen LogP contribution is 2.26. The van der Waals surface area contributed by atoms with E-state index in [4.69, 9.17) is 11.6 Å². The molecule has 2 aromatic rings. The summed E-state index contributed by atoms with van der Waals surface area (Å²) < 4.78 is 0.632. The van der Waals surface area contributed by atoms with Crippen LogP contribution in [-0.4, -0.2) is 29.1 Å². The summed E-state index contributed by atoms with van der Waals surface area (Å²) in [4.78, 5) is 15.4. The molecule has 1 aromatic carbocycles. The maximum absolute atomic E-state index is 10.7. The molecule has 1 heterocycles. The summed E-state index contributed by atoms with van der Waals surface area (Å²) >= 11 is 7.21. The average molecular weight is 511 g/mol. The number of rotatable bonds is 7. The fourth-order valence-electron chi connectivity index (χ4n) is 2.04. The van der Waals surface area contributed by atoms with Crippen LogP contribution in [0.1, 0.15) is 23.5 Å². The predicted octanol–water partition coefficient (Wildman–Crippen LogP) is 3.72. The zero-order valence-electron chi connectivity index (χ0n) is 14.0. The van der Waals surface area contributed by atoms with Gasteiger partial charge in [0.15, 0.2) is 5.96 Å². The number of aliphatic imine (C=N–C) groups is 1. The number of thiophene rings is 1. The second kappa shape index (κ2) is 11.3. The van der Waals surface area contributed by atoms with E-state index in [2.05, 4.69) is 15.6 Å². The zero-order valence-corrected chi connectivity index (χ0v) is 17.9. The highest BCUT2D eigenvalue weighted by Gasteiger charge is 2.11. The summed E-state index contributed by atoms with van der Waals surface area (Å²) in [5, 5.41) is 27.0. The van der Waals surface area contributed by atoms with Crippen molar-refractivity contribution in [2.75, 3.05) is 13.1 Å². The van der Waals surface area contributed by atoms with Crippen LogP contribution in [0.5, 0.6) is 0 Å².